The molecule has 0 unspecified atom stereocenters. The summed E-state index contributed by atoms with van der Waals surface area (Å²) in [4.78, 5) is 16.8. The monoisotopic (exact) mass is 330 g/mol. The lowest BCUT2D eigenvalue weighted by Gasteiger charge is -2.07. The zero-order valence-electron chi connectivity index (χ0n) is 12.4. The number of para-hydroxylation sites is 1. The van der Waals surface area contributed by atoms with Crippen molar-refractivity contribution in [3.05, 3.63) is 53.2 Å². The number of hydrogen-bond acceptors (Lipinski definition) is 7. The number of aryl methyl sites for hydroxylation is 1. The van der Waals surface area contributed by atoms with Gasteiger partial charge in [0.25, 0.3) is 5.89 Å². The summed E-state index contributed by atoms with van der Waals surface area (Å²) in [5.74, 6) is 0.895. The third-order valence-corrected chi connectivity index (χ3v) is 3.87. The maximum Gasteiger partial charge on any atom is 0.344 e. The summed E-state index contributed by atoms with van der Waals surface area (Å²) in [6.07, 6.45) is 0. The highest BCUT2D eigenvalue weighted by molar-refractivity contribution is 7.13. The Labute approximate surface area is 136 Å². The van der Waals surface area contributed by atoms with Gasteiger partial charge in [-0.15, -0.1) is 11.3 Å². The Kier molecular flexibility index (Phi) is 4.68. The van der Waals surface area contributed by atoms with Crippen LogP contribution in [0.25, 0.3) is 10.7 Å². The zero-order valence-corrected chi connectivity index (χ0v) is 13.2. The van der Waals surface area contributed by atoms with E-state index < -0.39 is 5.97 Å². The van der Waals surface area contributed by atoms with Gasteiger partial charge in [0.05, 0.1) is 4.88 Å². The second-order valence-corrected chi connectivity index (χ2v) is 5.65. The number of nitrogens with zero attached hydrogens (tertiary/aromatic N) is 2. The van der Waals surface area contributed by atoms with Crippen molar-refractivity contribution in [2.24, 2.45) is 0 Å². The molecule has 0 aliphatic carbocycles. The van der Waals surface area contributed by atoms with Gasteiger partial charge in [0.1, 0.15) is 5.75 Å². The molecule has 0 bridgehead atoms. The Morgan fingerprint density at radius 1 is 1.26 bits per heavy atom. The van der Waals surface area contributed by atoms with Crippen LogP contribution in [-0.2, 0) is 16.1 Å². The van der Waals surface area contributed by atoms with Crippen molar-refractivity contribution in [2.45, 2.75) is 13.5 Å². The fourth-order valence-corrected chi connectivity index (χ4v) is 2.51. The van der Waals surface area contributed by atoms with Crippen LogP contribution in [-0.4, -0.2) is 22.7 Å². The third-order valence-electron chi connectivity index (χ3n) is 3.01. The Hall–Kier alpha value is -2.67. The molecule has 0 N–H and O–H groups in total. The van der Waals surface area contributed by atoms with Crippen molar-refractivity contribution >= 4 is 17.3 Å². The van der Waals surface area contributed by atoms with E-state index in [9.17, 15) is 4.79 Å². The van der Waals surface area contributed by atoms with E-state index in [1.807, 2.05) is 42.6 Å². The van der Waals surface area contributed by atoms with Gasteiger partial charge in [-0.1, -0.05) is 29.4 Å². The highest BCUT2D eigenvalue weighted by Gasteiger charge is 2.12. The van der Waals surface area contributed by atoms with E-state index >= 15 is 0 Å². The second kappa shape index (κ2) is 7.06. The van der Waals surface area contributed by atoms with Crippen molar-refractivity contribution in [2.75, 3.05) is 6.61 Å². The van der Waals surface area contributed by atoms with Gasteiger partial charge in [0, 0.05) is 0 Å². The molecule has 0 aliphatic rings. The first-order valence-electron chi connectivity index (χ1n) is 6.93. The molecule has 3 rings (SSSR count). The van der Waals surface area contributed by atoms with Crippen LogP contribution in [0.1, 0.15) is 11.5 Å². The Bertz CT molecular complexity index is 783. The fraction of sp³-hybridized carbons (Fsp3) is 0.188. The highest BCUT2D eigenvalue weighted by atomic mass is 32.1. The van der Waals surface area contributed by atoms with Gasteiger partial charge < -0.3 is 14.0 Å². The van der Waals surface area contributed by atoms with E-state index in [2.05, 4.69) is 10.1 Å². The molecular weight excluding hydrogens is 316 g/mol. The lowest BCUT2D eigenvalue weighted by Crippen LogP contribution is -2.15. The number of aromatic nitrogens is 2. The van der Waals surface area contributed by atoms with Gasteiger partial charge in [0.2, 0.25) is 5.82 Å². The van der Waals surface area contributed by atoms with Crippen LogP contribution in [0.5, 0.6) is 5.75 Å². The average Bonchev–Trinajstić information content (AvgIpc) is 3.23. The number of benzene rings is 1. The molecule has 0 saturated heterocycles. The largest absolute Gasteiger partial charge is 0.482 e. The molecule has 23 heavy (non-hydrogen) atoms. The third kappa shape index (κ3) is 3.95. The maximum atomic E-state index is 11.7. The van der Waals surface area contributed by atoms with Gasteiger partial charge >= 0.3 is 5.97 Å². The maximum absolute atomic E-state index is 11.7. The molecule has 0 aliphatic heterocycles. The molecule has 3 aromatic rings. The molecule has 118 valence electrons. The number of carbonyl (C=O) groups is 1. The molecule has 0 atom stereocenters. The van der Waals surface area contributed by atoms with E-state index in [1.54, 1.807) is 6.07 Å². The van der Waals surface area contributed by atoms with Crippen molar-refractivity contribution < 1.29 is 18.8 Å². The van der Waals surface area contributed by atoms with Gasteiger partial charge in [-0.2, -0.15) is 4.98 Å². The number of esters is 1. The first kappa shape index (κ1) is 15.2. The summed E-state index contributed by atoms with van der Waals surface area (Å²) in [5.41, 5.74) is 0.956. The number of ether oxygens (including phenoxy) is 2. The van der Waals surface area contributed by atoms with Crippen LogP contribution in [0.4, 0.5) is 0 Å². The molecule has 1 aromatic carbocycles. The summed E-state index contributed by atoms with van der Waals surface area (Å²) in [7, 11) is 0. The van der Waals surface area contributed by atoms with Crippen LogP contribution < -0.4 is 4.74 Å². The normalized spacial score (nSPS) is 10.5. The Morgan fingerprint density at radius 2 is 2.13 bits per heavy atom. The number of hydrogen-bond donors (Lipinski definition) is 0. The Balaban J connectivity index is 1.49. The van der Waals surface area contributed by atoms with Gasteiger partial charge in [-0.05, 0) is 30.0 Å². The summed E-state index contributed by atoms with van der Waals surface area (Å²) >= 11 is 1.51. The van der Waals surface area contributed by atoms with E-state index in [4.69, 9.17) is 14.0 Å². The van der Waals surface area contributed by atoms with E-state index in [0.717, 1.165) is 10.4 Å². The molecule has 0 spiro atoms. The van der Waals surface area contributed by atoms with E-state index in [0.29, 0.717) is 11.6 Å². The minimum atomic E-state index is -0.496. The standard InChI is InChI=1S/C16H14N2O4S/c1-11-5-2-3-6-12(11)20-10-15(19)21-9-14-17-16(18-22-14)13-7-4-8-23-13/h2-8H,9-10H2,1H3. The van der Waals surface area contributed by atoms with Crippen LogP contribution >= 0.6 is 11.3 Å². The fourth-order valence-electron chi connectivity index (χ4n) is 1.86. The zero-order chi connectivity index (χ0) is 16.1. The van der Waals surface area contributed by atoms with Crippen LogP contribution in [0.15, 0.2) is 46.3 Å². The number of rotatable bonds is 6. The second-order valence-electron chi connectivity index (χ2n) is 4.70. The Morgan fingerprint density at radius 3 is 2.91 bits per heavy atom. The average molecular weight is 330 g/mol. The highest BCUT2D eigenvalue weighted by Crippen LogP contribution is 2.21. The van der Waals surface area contributed by atoms with E-state index in [1.165, 1.54) is 11.3 Å². The van der Waals surface area contributed by atoms with Crippen LogP contribution in [0.2, 0.25) is 0 Å². The van der Waals surface area contributed by atoms with Crippen LogP contribution in [0.3, 0.4) is 0 Å². The molecular formula is C16H14N2O4S. The SMILES string of the molecule is Cc1ccccc1OCC(=O)OCc1nc(-c2cccs2)no1. The molecule has 2 heterocycles. The van der Waals surface area contributed by atoms with Crippen molar-refractivity contribution in [3.63, 3.8) is 0 Å². The molecule has 0 saturated carbocycles. The molecule has 7 heteroatoms. The quantitative estimate of drug-likeness (QED) is 0.646. The summed E-state index contributed by atoms with van der Waals surface area (Å²) in [6, 6.07) is 11.2. The smallest absolute Gasteiger partial charge is 0.344 e. The summed E-state index contributed by atoms with van der Waals surface area (Å²) in [5, 5.41) is 5.77. The number of carbonyl (C=O) groups excluding carboxylic acids is 1. The minimum Gasteiger partial charge on any atom is -0.482 e. The molecule has 2 aromatic heterocycles. The number of thiophene rings is 1. The summed E-state index contributed by atoms with van der Waals surface area (Å²) in [6.45, 7) is 1.66. The predicted molar refractivity (Wildman–Crippen MR) is 84.1 cm³/mol. The first-order chi connectivity index (χ1) is 11.2. The molecule has 0 amide bonds. The van der Waals surface area contributed by atoms with Gasteiger partial charge in [0.15, 0.2) is 13.2 Å². The van der Waals surface area contributed by atoms with Crippen LogP contribution in [0, 0.1) is 6.92 Å². The topological polar surface area (TPSA) is 74.5 Å². The first-order valence-corrected chi connectivity index (χ1v) is 7.81. The lowest BCUT2D eigenvalue weighted by atomic mass is 10.2. The molecule has 0 radical (unpaired) electrons. The molecule has 6 nitrogen and oxygen atoms in total. The predicted octanol–water partition coefficient (Wildman–Crippen LogP) is 3.23. The minimum absolute atomic E-state index is 0.0751. The van der Waals surface area contributed by atoms with Gasteiger partial charge in [-0.3, -0.25) is 0 Å². The summed E-state index contributed by atoms with van der Waals surface area (Å²) < 4.78 is 15.5. The van der Waals surface area contributed by atoms with Crippen molar-refractivity contribution in [3.8, 4) is 16.5 Å². The van der Waals surface area contributed by atoms with Gasteiger partial charge in [-0.25, -0.2) is 4.79 Å². The lowest BCUT2D eigenvalue weighted by molar-refractivity contribution is -0.148. The van der Waals surface area contributed by atoms with E-state index in [-0.39, 0.29) is 19.1 Å². The molecule has 0 fully saturated rings. The van der Waals surface area contributed by atoms with Crippen molar-refractivity contribution in [1.29, 1.82) is 0 Å². The van der Waals surface area contributed by atoms with Crippen molar-refractivity contribution in [1.82, 2.24) is 10.1 Å².